The molecule has 2 aromatic carbocycles. The molecule has 0 aromatic heterocycles. The molecule has 0 radical (unpaired) electrons. The molecule has 2 rings (SSSR count). The number of hydrogen-bond acceptors (Lipinski definition) is 4. The largest absolute Gasteiger partial charge is 0.490 e. The lowest BCUT2D eigenvalue weighted by Gasteiger charge is -2.09. The van der Waals surface area contributed by atoms with Crippen molar-refractivity contribution in [1.29, 1.82) is 5.41 Å². The summed E-state index contributed by atoms with van der Waals surface area (Å²) >= 11 is 0. The number of benzene rings is 2. The predicted molar refractivity (Wildman–Crippen MR) is 79.3 cm³/mol. The number of nitrogens with two attached hydrogens (primary N) is 2. The van der Waals surface area contributed by atoms with Gasteiger partial charge >= 0.3 is 0 Å². The highest BCUT2D eigenvalue weighted by molar-refractivity contribution is 5.94. The summed E-state index contributed by atoms with van der Waals surface area (Å²) in [5.41, 5.74) is 12.3. The average molecular weight is 271 g/mol. The third-order valence-electron chi connectivity index (χ3n) is 2.67. The van der Waals surface area contributed by atoms with Gasteiger partial charge in [-0.25, -0.2) is 0 Å². The van der Waals surface area contributed by atoms with E-state index in [0.717, 1.165) is 11.5 Å². The van der Waals surface area contributed by atoms with Crippen LogP contribution in [0.5, 0.6) is 11.5 Å². The second-order valence-electron chi connectivity index (χ2n) is 4.20. The molecule has 0 heterocycles. The van der Waals surface area contributed by atoms with E-state index >= 15 is 0 Å². The van der Waals surface area contributed by atoms with Gasteiger partial charge in [0.25, 0.3) is 0 Å². The summed E-state index contributed by atoms with van der Waals surface area (Å²) in [4.78, 5) is 0. The molecule has 0 amide bonds. The van der Waals surface area contributed by atoms with Crippen molar-refractivity contribution in [2.75, 3.05) is 18.9 Å². The first-order chi connectivity index (χ1) is 9.65. The number of ether oxygens (including phenoxy) is 2. The Kier molecular flexibility index (Phi) is 4.44. The fourth-order valence-electron chi connectivity index (χ4n) is 1.61. The summed E-state index contributed by atoms with van der Waals surface area (Å²) in [6.45, 7) is 0.877. The van der Waals surface area contributed by atoms with E-state index in [1.54, 1.807) is 36.4 Å². The summed E-state index contributed by atoms with van der Waals surface area (Å²) in [5.74, 6) is 1.52. The molecule has 5 nitrogen and oxygen atoms in total. The molecular weight excluding hydrogens is 254 g/mol. The molecule has 0 unspecified atom stereocenters. The van der Waals surface area contributed by atoms with Gasteiger partial charge in [0, 0.05) is 11.3 Å². The monoisotopic (exact) mass is 271 g/mol. The predicted octanol–water partition coefficient (Wildman–Crippen LogP) is 2.01. The van der Waals surface area contributed by atoms with Crippen molar-refractivity contribution in [1.82, 2.24) is 0 Å². The van der Waals surface area contributed by atoms with Crippen LogP contribution in [0.1, 0.15) is 5.56 Å². The minimum absolute atomic E-state index is 0.0447. The standard InChI is InChI=1S/C15H17N3O2/c16-12-3-7-14(8-4-12)20-10-9-19-13-5-1-11(2-6-13)15(17)18/h1-8H,9-10,16H2,(H3,17,18). The van der Waals surface area contributed by atoms with Gasteiger partial charge in [0.05, 0.1) is 0 Å². The first-order valence-corrected chi connectivity index (χ1v) is 6.21. The van der Waals surface area contributed by atoms with Crippen molar-refractivity contribution in [2.45, 2.75) is 0 Å². The molecule has 0 bridgehead atoms. The van der Waals surface area contributed by atoms with E-state index in [1.807, 2.05) is 12.1 Å². The molecule has 0 aliphatic carbocycles. The van der Waals surface area contributed by atoms with Gasteiger partial charge in [0.2, 0.25) is 0 Å². The summed E-state index contributed by atoms with van der Waals surface area (Å²) in [5, 5.41) is 7.29. The van der Waals surface area contributed by atoms with Gasteiger partial charge in [-0.05, 0) is 48.5 Å². The molecule has 5 heteroatoms. The lowest BCUT2D eigenvalue weighted by molar-refractivity contribution is 0.217. The number of nitrogen functional groups attached to an aromatic ring is 2. The summed E-state index contributed by atoms with van der Waals surface area (Å²) in [7, 11) is 0. The number of rotatable bonds is 6. The molecule has 0 aliphatic rings. The van der Waals surface area contributed by atoms with Crippen molar-refractivity contribution in [3.05, 3.63) is 54.1 Å². The van der Waals surface area contributed by atoms with Crippen LogP contribution in [0.3, 0.4) is 0 Å². The van der Waals surface area contributed by atoms with Crippen LogP contribution in [0.4, 0.5) is 5.69 Å². The molecule has 0 fully saturated rings. The fourth-order valence-corrected chi connectivity index (χ4v) is 1.61. The van der Waals surface area contributed by atoms with Crippen LogP contribution in [-0.2, 0) is 0 Å². The Labute approximate surface area is 117 Å². The summed E-state index contributed by atoms with van der Waals surface area (Å²) in [6, 6.07) is 14.3. The van der Waals surface area contributed by atoms with Crippen molar-refractivity contribution in [3.8, 4) is 11.5 Å². The minimum atomic E-state index is 0.0447. The van der Waals surface area contributed by atoms with Crippen LogP contribution >= 0.6 is 0 Å². The van der Waals surface area contributed by atoms with E-state index in [9.17, 15) is 0 Å². The maximum Gasteiger partial charge on any atom is 0.122 e. The van der Waals surface area contributed by atoms with Crippen LogP contribution in [0.15, 0.2) is 48.5 Å². The van der Waals surface area contributed by atoms with Gasteiger partial charge in [0.15, 0.2) is 0 Å². The molecule has 0 aliphatic heterocycles. The molecule has 20 heavy (non-hydrogen) atoms. The summed E-state index contributed by atoms with van der Waals surface area (Å²) in [6.07, 6.45) is 0. The Balaban J connectivity index is 1.75. The van der Waals surface area contributed by atoms with Gasteiger partial charge in [-0.1, -0.05) is 0 Å². The van der Waals surface area contributed by atoms with Gasteiger partial charge in [0.1, 0.15) is 30.5 Å². The average Bonchev–Trinajstić information content (AvgIpc) is 2.46. The lowest BCUT2D eigenvalue weighted by atomic mass is 10.2. The first kappa shape index (κ1) is 13.7. The van der Waals surface area contributed by atoms with E-state index in [4.69, 9.17) is 26.4 Å². The second-order valence-corrected chi connectivity index (χ2v) is 4.20. The smallest absolute Gasteiger partial charge is 0.122 e. The topological polar surface area (TPSA) is 94.4 Å². The molecule has 104 valence electrons. The third kappa shape index (κ3) is 3.91. The highest BCUT2D eigenvalue weighted by Crippen LogP contribution is 2.14. The Morgan fingerprint density at radius 2 is 1.30 bits per heavy atom. The van der Waals surface area contributed by atoms with Crippen molar-refractivity contribution in [3.63, 3.8) is 0 Å². The zero-order valence-electron chi connectivity index (χ0n) is 11.0. The molecule has 0 saturated heterocycles. The van der Waals surface area contributed by atoms with Crippen molar-refractivity contribution >= 4 is 11.5 Å². The Bertz CT molecular complexity index is 565. The zero-order chi connectivity index (χ0) is 14.4. The Morgan fingerprint density at radius 1 is 0.850 bits per heavy atom. The van der Waals surface area contributed by atoms with Crippen LogP contribution in [-0.4, -0.2) is 19.0 Å². The number of anilines is 1. The molecule has 0 spiro atoms. The van der Waals surface area contributed by atoms with Gasteiger partial charge in [-0.15, -0.1) is 0 Å². The zero-order valence-corrected chi connectivity index (χ0v) is 11.0. The van der Waals surface area contributed by atoms with E-state index < -0.39 is 0 Å². The number of amidine groups is 1. The van der Waals surface area contributed by atoms with E-state index in [2.05, 4.69) is 0 Å². The van der Waals surface area contributed by atoms with Gasteiger partial charge in [-0.2, -0.15) is 0 Å². The molecule has 0 saturated carbocycles. The SMILES string of the molecule is N=C(N)c1ccc(OCCOc2ccc(N)cc2)cc1. The molecule has 2 aromatic rings. The highest BCUT2D eigenvalue weighted by Gasteiger charge is 1.98. The normalized spacial score (nSPS) is 10.0. The quantitative estimate of drug-likeness (QED) is 0.324. The van der Waals surface area contributed by atoms with Crippen molar-refractivity contribution in [2.24, 2.45) is 5.73 Å². The second kappa shape index (κ2) is 6.47. The van der Waals surface area contributed by atoms with Crippen LogP contribution < -0.4 is 20.9 Å². The first-order valence-electron chi connectivity index (χ1n) is 6.21. The fraction of sp³-hybridized carbons (Fsp3) is 0.133. The van der Waals surface area contributed by atoms with Crippen molar-refractivity contribution < 1.29 is 9.47 Å². The maximum atomic E-state index is 7.29. The van der Waals surface area contributed by atoms with E-state index in [0.29, 0.717) is 24.5 Å². The van der Waals surface area contributed by atoms with Gasteiger partial charge < -0.3 is 20.9 Å². The van der Waals surface area contributed by atoms with Gasteiger partial charge in [-0.3, -0.25) is 5.41 Å². The lowest BCUT2D eigenvalue weighted by Crippen LogP contribution is -2.11. The van der Waals surface area contributed by atoms with E-state index in [1.165, 1.54) is 0 Å². The third-order valence-corrected chi connectivity index (χ3v) is 2.67. The molecule has 0 atom stereocenters. The maximum absolute atomic E-state index is 7.29. The molecule has 5 N–H and O–H groups in total. The van der Waals surface area contributed by atoms with Crippen LogP contribution in [0.2, 0.25) is 0 Å². The minimum Gasteiger partial charge on any atom is -0.490 e. The molecular formula is C15H17N3O2. The van der Waals surface area contributed by atoms with E-state index in [-0.39, 0.29) is 5.84 Å². The van der Waals surface area contributed by atoms with Crippen LogP contribution in [0.25, 0.3) is 0 Å². The number of hydrogen-bond donors (Lipinski definition) is 3. The Hall–Kier alpha value is -2.69. The number of nitrogens with one attached hydrogen (secondary N) is 1. The van der Waals surface area contributed by atoms with Crippen LogP contribution in [0, 0.1) is 5.41 Å². The highest BCUT2D eigenvalue weighted by atomic mass is 16.5. The Morgan fingerprint density at radius 3 is 1.75 bits per heavy atom. The summed E-state index contributed by atoms with van der Waals surface area (Å²) < 4.78 is 11.0.